The molecular formula is C17H15F3N2O5S. The second kappa shape index (κ2) is 8.42. The largest absolute Gasteiger partial charge is 0.416 e. The molecule has 0 radical (unpaired) electrons. The summed E-state index contributed by atoms with van der Waals surface area (Å²) < 4.78 is 64.8. The third kappa shape index (κ3) is 4.88. The average molecular weight is 416 g/mol. The van der Waals surface area contributed by atoms with Crippen molar-refractivity contribution in [1.29, 1.82) is 0 Å². The van der Waals surface area contributed by atoms with Crippen LogP contribution in [0.5, 0.6) is 0 Å². The van der Waals surface area contributed by atoms with E-state index in [9.17, 15) is 26.4 Å². The highest BCUT2D eigenvalue weighted by atomic mass is 32.2. The fourth-order valence-corrected chi connectivity index (χ4v) is 3.54. The molecule has 0 atom stereocenters. The molecule has 2 aromatic rings. The van der Waals surface area contributed by atoms with Crippen molar-refractivity contribution in [1.82, 2.24) is 5.48 Å². The van der Waals surface area contributed by atoms with Gasteiger partial charge in [0.05, 0.1) is 23.3 Å². The zero-order valence-corrected chi connectivity index (χ0v) is 15.2. The first-order valence-electron chi connectivity index (χ1n) is 7.58. The van der Waals surface area contributed by atoms with Gasteiger partial charge in [-0.3, -0.25) is 14.8 Å². The van der Waals surface area contributed by atoms with Gasteiger partial charge in [0.15, 0.2) is 0 Å². The Morgan fingerprint density at radius 3 is 2.46 bits per heavy atom. The summed E-state index contributed by atoms with van der Waals surface area (Å²) in [6, 6.07) is 8.95. The molecule has 7 nitrogen and oxygen atoms in total. The molecule has 28 heavy (non-hydrogen) atoms. The number of sulfonamides is 1. The number of carbonyl (C=O) groups is 1. The topological polar surface area (TPSA) is 95.9 Å². The lowest BCUT2D eigenvalue weighted by Crippen LogP contribution is -2.30. The van der Waals surface area contributed by atoms with Gasteiger partial charge in [-0.2, -0.15) is 21.6 Å². The van der Waals surface area contributed by atoms with Gasteiger partial charge in [0.25, 0.3) is 15.9 Å². The van der Waals surface area contributed by atoms with Crippen molar-refractivity contribution < 1.29 is 36.4 Å². The average Bonchev–Trinajstić information content (AvgIpc) is 2.66. The number of carbonyl (C=O) groups excluding carboxylic acids is 1. The van der Waals surface area contributed by atoms with Crippen molar-refractivity contribution in [2.24, 2.45) is 0 Å². The maximum Gasteiger partial charge on any atom is 0.416 e. The van der Waals surface area contributed by atoms with Crippen molar-refractivity contribution >= 4 is 27.7 Å². The number of anilines is 1. The van der Waals surface area contributed by atoms with Crippen molar-refractivity contribution in [2.75, 3.05) is 11.6 Å². The van der Waals surface area contributed by atoms with E-state index < -0.39 is 27.7 Å². The molecule has 2 aromatic carbocycles. The fraction of sp³-hybridized carbons (Fsp3) is 0.118. The van der Waals surface area contributed by atoms with Crippen LogP contribution in [0.3, 0.4) is 0 Å². The standard InChI is InChI=1S/C17H15F3N2O5S/c1-27-22(14-6-3-5-13(11-14)17(18,19)20)28(25,26)15-7-2-4-12(10-15)8-9-16(23)21-24/h2-11,24H,1H3,(H,21,23). The Morgan fingerprint density at radius 1 is 1.18 bits per heavy atom. The molecule has 0 aromatic heterocycles. The Labute approximate surface area is 158 Å². The highest BCUT2D eigenvalue weighted by Crippen LogP contribution is 2.33. The van der Waals surface area contributed by atoms with E-state index in [-0.39, 0.29) is 10.6 Å². The second-order valence-electron chi connectivity index (χ2n) is 5.34. The van der Waals surface area contributed by atoms with E-state index >= 15 is 0 Å². The fourth-order valence-electron chi connectivity index (χ4n) is 2.22. The first-order chi connectivity index (χ1) is 13.1. The molecule has 0 aliphatic carbocycles. The molecule has 0 unspecified atom stereocenters. The van der Waals surface area contributed by atoms with E-state index in [1.807, 2.05) is 0 Å². The zero-order chi connectivity index (χ0) is 20.9. The molecule has 2 N–H and O–H groups in total. The molecule has 0 aliphatic heterocycles. The minimum atomic E-state index is -4.66. The Hall–Kier alpha value is -2.89. The lowest BCUT2D eigenvalue weighted by molar-refractivity contribution is -0.137. The van der Waals surface area contributed by atoms with Gasteiger partial charge in [0.1, 0.15) is 0 Å². The number of amides is 1. The Morgan fingerprint density at radius 2 is 1.86 bits per heavy atom. The predicted octanol–water partition coefficient (Wildman–Crippen LogP) is 2.98. The van der Waals surface area contributed by atoms with Crippen LogP contribution < -0.4 is 9.95 Å². The van der Waals surface area contributed by atoms with Crippen molar-refractivity contribution in [3.8, 4) is 0 Å². The smallest absolute Gasteiger partial charge is 0.288 e. The number of nitrogens with one attached hydrogen (secondary N) is 1. The van der Waals surface area contributed by atoms with E-state index in [1.54, 1.807) is 0 Å². The summed E-state index contributed by atoms with van der Waals surface area (Å²) in [4.78, 5) is 15.6. The van der Waals surface area contributed by atoms with Gasteiger partial charge in [0, 0.05) is 6.08 Å². The molecule has 0 fully saturated rings. The van der Waals surface area contributed by atoms with Crippen LogP contribution in [-0.4, -0.2) is 26.6 Å². The molecule has 0 saturated heterocycles. The van der Waals surface area contributed by atoms with Crippen LogP contribution in [0.2, 0.25) is 0 Å². The van der Waals surface area contributed by atoms with Gasteiger partial charge in [-0.05, 0) is 42.0 Å². The molecule has 150 valence electrons. The normalized spacial score (nSPS) is 12.2. The van der Waals surface area contributed by atoms with Crippen molar-refractivity contribution in [2.45, 2.75) is 11.1 Å². The monoisotopic (exact) mass is 416 g/mol. The van der Waals surface area contributed by atoms with E-state index in [4.69, 9.17) is 10.0 Å². The van der Waals surface area contributed by atoms with Crippen LogP contribution in [0.25, 0.3) is 6.08 Å². The molecular weight excluding hydrogens is 401 g/mol. The number of hydrogen-bond acceptors (Lipinski definition) is 5. The molecule has 0 heterocycles. The van der Waals surface area contributed by atoms with Crippen LogP contribution in [0, 0.1) is 0 Å². The third-order valence-corrected chi connectivity index (χ3v) is 5.11. The SMILES string of the molecule is CON(c1cccc(C(F)(F)F)c1)S(=O)(=O)c1cccc(C=CC(=O)NO)c1. The summed E-state index contributed by atoms with van der Waals surface area (Å²) in [5.41, 5.74) is 0.310. The van der Waals surface area contributed by atoms with E-state index in [2.05, 4.69) is 0 Å². The van der Waals surface area contributed by atoms with Gasteiger partial charge < -0.3 is 0 Å². The minimum absolute atomic E-state index is 0.279. The number of alkyl halides is 3. The number of nitrogens with zero attached hydrogens (tertiary/aromatic N) is 1. The third-order valence-electron chi connectivity index (χ3n) is 3.46. The molecule has 0 bridgehead atoms. The Balaban J connectivity index is 2.45. The van der Waals surface area contributed by atoms with Gasteiger partial charge in [0.2, 0.25) is 0 Å². The first-order valence-corrected chi connectivity index (χ1v) is 9.02. The summed E-state index contributed by atoms with van der Waals surface area (Å²) >= 11 is 0. The number of hydroxylamine groups is 1. The predicted molar refractivity (Wildman–Crippen MR) is 93.5 cm³/mol. The van der Waals surface area contributed by atoms with Gasteiger partial charge in [-0.15, -0.1) is 4.47 Å². The lowest BCUT2D eigenvalue weighted by atomic mass is 10.2. The van der Waals surface area contributed by atoms with Gasteiger partial charge in [-0.25, -0.2) is 5.48 Å². The Bertz CT molecular complexity index is 990. The summed E-state index contributed by atoms with van der Waals surface area (Å²) in [7, 11) is -3.37. The Kier molecular flexibility index (Phi) is 6.44. The second-order valence-corrected chi connectivity index (χ2v) is 7.10. The number of hydrogen-bond donors (Lipinski definition) is 2. The molecule has 2 rings (SSSR count). The number of benzene rings is 2. The zero-order valence-electron chi connectivity index (χ0n) is 14.3. The molecule has 11 heteroatoms. The van der Waals surface area contributed by atoms with Crippen molar-refractivity contribution in [3.63, 3.8) is 0 Å². The minimum Gasteiger partial charge on any atom is -0.288 e. The van der Waals surface area contributed by atoms with Crippen LogP contribution in [0.15, 0.2) is 59.5 Å². The van der Waals surface area contributed by atoms with Crippen LogP contribution in [0.4, 0.5) is 18.9 Å². The van der Waals surface area contributed by atoms with Gasteiger partial charge in [-0.1, -0.05) is 18.2 Å². The molecule has 0 spiro atoms. The van der Waals surface area contributed by atoms with Crippen molar-refractivity contribution in [3.05, 3.63) is 65.7 Å². The molecule has 1 amide bonds. The van der Waals surface area contributed by atoms with E-state index in [0.29, 0.717) is 16.1 Å². The number of rotatable bonds is 6. The summed E-state index contributed by atoms with van der Waals surface area (Å²) in [6.07, 6.45) is -2.45. The quantitative estimate of drug-likeness (QED) is 0.429. The first kappa shape index (κ1) is 21.4. The molecule has 0 saturated carbocycles. The molecule has 0 aliphatic rings. The van der Waals surface area contributed by atoms with E-state index in [1.165, 1.54) is 35.8 Å². The lowest BCUT2D eigenvalue weighted by Gasteiger charge is -2.22. The van der Waals surface area contributed by atoms with Crippen LogP contribution in [-0.2, 0) is 25.8 Å². The summed E-state index contributed by atoms with van der Waals surface area (Å²) in [6.45, 7) is 0. The maximum atomic E-state index is 12.9. The summed E-state index contributed by atoms with van der Waals surface area (Å²) in [5, 5.41) is 8.46. The summed E-state index contributed by atoms with van der Waals surface area (Å²) in [5.74, 6) is -0.823. The highest BCUT2D eigenvalue weighted by molar-refractivity contribution is 7.92. The number of halogens is 3. The highest BCUT2D eigenvalue weighted by Gasteiger charge is 2.32. The van der Waals surface area contributed by atoms with E-state index in [0.717, 1.165) is 31.4 Å². The van der Waals surface area contributed by atoms with Crippen LogP contribution >= 0.6 is 0 Å². The maximum absolute atomic E-state index is 12.9. The van der Waals surface area contributed by atoms with Gasteiger partial charge >= 0.3 is 6.18 Å². The van der Waals surface area contributed by atoms with Crippen LogP contribution in [0.1, 0.15) is 11.1 Å².